The van der Waals surface area contributed by atoms with Crippen LogP contribution < -0.4 is 10.2 Å². The highest BCUT2D eigenvalue weighted by Crippen LogP contribution is 2.24. The minimum absolute atomic E-state index is 0.218. The van der Waals surface area contributed by atoms with Crippen LogP contribution in [-0.2, 0) is 11.2 Å². The van der Waals surface area contributed by atoms with Gasteiger partial charge in [-0.15, -0.1) is 0 Å². The number of rotatable bonds is 4. The fourth-order valence-corrected chi connectivity index (χ4v) is 3.54. The summed E-state index contributed by atoms with van der Waals surface area (Å²) in [7, 11) is 0. The van der Waals surface area contributed by atoms with Gasteiger partial charge < -0.3 is 4.84 Å². The lowest BCUT2D eigenvalue weighted by Gasteiger charge is -2.09. The van der Waals surface area contributed by atoms with Crippen LogP contribution in [-0.4, -0.2) is 21.1 Å². The first-order valence-electron chi connectivity index (χ1n) is 7.54. The van der Waals surface area contributed by atoms with E-state index in [-0.39, 0.29) is 16.4 Å². The van der Waals surface area contributed by atoms with Gasteiger partial charge in [0.2, 0.25) is 5.91 Å². The molecule has 0 spiro atoms. The summed E-state index contributed by atoms with van der Waals surface area (Å²) in [5.74, 6) is 0.490. The third-order valence-corrected chi connectivity index (χ3v) is 4.86. The standard InChI is InChI=1S/C18H14N2O3S/c21-17-16(24-18(22)19-17)11-12-5-7-14(8-6-12)23-20-10-9-13-3-1-2-4-15(13)20/h1-10,16H,11H2,(H,19,21,22). The molecule has 5 nitrogen and oxygen atoms in total. The average Bonchev–Trinajstić information content (AvgIpc) is 3.13. The molecule has 3 aromatic rings. The number of fused-ring (bicyclic) bond motifs is 1. The van der Waals surface area contributed by atoms with E-state index in [0.29, 0.717) is 12.2 Å². The van der Waals surface area contributed by atoms with Crippen LogP contribution in [0.5, 0.6) is 5.75 Å². The molecule has 0 aliphatic carbocycles. The maximum atomic E-state index is 11.6. The number of carbonyl (C=O) groups is 2. The fourth-order valence-electron chi connectivity index (χ4n) is 2.68. The second kappa shape index (κ2) is 6.05. The molecule has 1 unspecified atom stereocenters. The van der Waals surface area contributed by atoms with Crippen LogP contribution >= 0.6 is 11.8 Å². The average molecular weight is 338 g/mol. The Morgan fingerprint density at radius 3 is 2.58 bits per heavy atom. The van der Waals surface area contributed by atoms with Crippen molar-refractivity contribution < 1.29 is 14.4 Å². The van der Waals surface area contributed by atoms with Gasteiger partial charge in [-0.3, -0.25) is 14.9 Å². The second-order valence-corrected chi connectivity index (χ2v) is 6.70. The molecular formula is C18H14N2O3S. The van der Waals surface area contributed by atoms with Crippen molar-refractivity contribution in [2.75, 3.05) is 0 Å². The fraction of sp³-hybridized carbons (Fsp3) is 0.111. The van der Waals surface area contributed by atoms with E-state index < -0.39 is 0 Å². The highest BCUT2D eigenvalue weighted by Gasteiger charge is 2.31. The second-order valence-electron chi connectivity index (χ2n) is 5.52. The maximum Gasteiger partial charge on any atom is 0.286 e. The van der Waals surface area contributed by atoms with E-state index in [4.69, 9.17) is 4.84 Å². The largest absolute Gasteiger partial charge is 0.375 e. The molecule has 1 atom stereocenters. The first-order chi connectivity index (χ1) is 11.7. The van der Waals surface area contributed by atoms with Gasteiger partial charge in [0.15, 0.2) is 5.75 Å². The zero-order valence-electron chi connectivity index (χ0n) is 12.6. The van der Waals surface area contributed by atoms with Gasteiger partial charge in [0.25, 0.3) is 5.24 Å². The molecule has 1 N–H and O–H groups in total. The summed E-state index contributed by atoms with van der Waals surface area (Å²) in [6.07, 6.45) is 2.40. The highest BCUT2D eigenvalue weighted by atomic mass is 32.2. The van der Waals surface area contributed by atoms with Gasteiger partial charge in [-0.1, -0.05) is 42.1 Å². The third kappa shape index (κ3) is 2.88. The normalized spacial score (nSPS) is 17.2. The number of carbonyl (C=O) groups excluding carboxylic acids is 2. The molecule has 1 aromatic heterocycles. The molecule has 120 valence electrons. The van der Waals surface area contributed by atoms with E-state index in [1.807, 2.05) is 60.8 Å². The van der Waals surface area contributed by atoms with Gasteiger partial charge >= 0.3 is 0 Å². The van der Waals surface area contributed by atoms with Crippen molar-refractivity contribution in [1.82, 2.24) is 10.0 Å². The predicted molar refractivity (Wildman–Crippen MR) is 93.0 cm³/mol. The number of benzene rings is 2. The van der Waals surface area contributed by atoms with Crippen molar-refractivity contribution in [3.8, 4) is 5.75 Å². The third-order valence-electron chi connectivity index (χ3n) is 3.88. The number of hydrogen-bond acceptors (Lipinski definition) is 4. The highest BCUT2D eigenvalue weighted by molar-refractivity contribution is 8.15. The molecule has 1 aliphatic rings. The summed E-state index contributed by atoms with van der Waals surface area (Å²) in [4.78, 5) is 28.7. The number of aromatic nitrogens is 1. The molecule has 6 heteroatoms. The molecule has 2 aromatic carbocycles. The zero-order chi connectivity index (χ0) is 16.5. The lowest BCUT2D eigenvalue weighted by Crippen LogP contribution is -2.25. The Labute approximate surface area is 142 Å². The smallest absolute Gasteiger partial charge is 0.286 e. The van der Waals surface area contributed by atoms with Crippen LogP contribution in [0, 0.1) is 0 Å². The van der Waals surface area contributed by atoms with Crippen LogP contribution in [0.2, 0.25) is 0 Å². The summed E-state index contributed by atoms with van der Waals surface area (Å²) in [6, 6.07) is 17.5. The molecular weight excluding hydrogens is 324 g/mol. The summed E-state index contributed by atoms with van der Waals surface area (Å²) >= 11 is 1.04. The Bertz CT molecular complexity index is 917. The minimum atomic E-state index is -0.349. The van der Waals surface area contributed by atoms with Crippen LogP contribution in [0.25, 0.3) is 10.9 Å². The first kappa shape index (κ1) is 14.8. The van der Waals surface area contributed by atoms with Crippen molar-refractivity contribution in [2.45, 2.75) is 11.7 Å². The van der Waals surface area contributed by atoms with Crippen molar-refractivity contribution in [3.05, 3.63) is 66.4 Å². The molecule has 4 rings (SSSR count). The van der Waals surface area contributed by atoms with E-state index in [0.717, 1.165) is 28.2 Å². The molecule has 2 amide bonds. The van der Waals surface area contributed by atoms with Gasteiger partial charge in [0.1, 0.15) is 0 Å². The predicted octanol–water partition coefficient (Wildman–Crippen LogP) is 3.38. The number of thioether (sulfide) groups is 1. The number of nitrogens with one attached hydrogen (secondary N) is 1. The summed E-state index contributed by atoms with van der Waals surface area (Å²) in [5, 5.41) is 2.79. The van der Waals surface area contributed by atoms with Gasteiger partial charge in [-0.2, -0.15) is 4.73 Å². The van der Waals surface area contributed by atoms with Gasteiger partial charge in [0.05, 0.1) is 10.8 Å². The number of hydrogen-bond donors (Lipinski definition) is 1. The molecule has 0 bridgehead atoms. The Kier molecular flexibility index (Phi) is 3.74. The van der Waals surface area contributed by atoms with E-state index >= 15 is 0 Å². The Morgan fingerprint density at radius 2 is 1.83 bits per heavy atom. The topological polar surface area (TPSA) is 60.3 Å². The monoisotopic (exact) mass is 338 g/mol. The zero-order valence-corrected chi connectivity index (χ0v) is 13.5. The van der Waals surface area contributed by atoms with Gasteiger partial charge in [-0.05, 0) is 36.2 Å². The van der Waals surface area contributed by atoms with Crippen molar-refractivity contribution >= 4 is 33.8 Å². The van der Waals surface area contributed by atoms with E-state index in [2.05, 4.69) is 5.32 Å². The van der Waals surface area contributed by atoms with Gasteiger partial charge in [-0.25, -0.2) is 0 Å². The van der Waals surface area contributed by atoms with Crippen molar-refractivity contribution in [2.24, 2.45) is 0 Å². The summed E-state index contributed by atoms with van der Waals surface area (Å²) < 4.78 is 1.73. The molecule has 0 radical (unpaired) electrons. The number of amides is 2. The summed E-state index contributed by atoms with van der Waals surface area (Å²) in [5.41, 5.74) is 1.99. The number of imide groups is 1. The molecule has 1 fully saturated rings. The Hall–Kier alpha value is -2.73. The SMILES string of the molecule is O=C1NC(=O)C(Cc2ccc(On3ccc4ccccc43)cc2)S1. The Morgan fingerprint density at radius 1 is 1.04 bits per heavy atom. The number of nitrogens with zero attached hydrogens (tertiary/aromatic N) is 1. The Balaban J connectivity index is 1.48. The summed E-state index contributed by atoms with van der Waals surface area (Å²) in [6.45, 7) is 0. The van der Waals surface area contributed by atoms with Crippen LogP contribution in [0.4, 0.5) is 4.79 Å². The molecule has 1 aliphatic heterocycles. The van der Waals surface area contributed by atoms with Gasteiger partial charge in [0, 0.05) is 11.6 Å². The van der Waals surface area contributed by atoms with Crippen LogP contribution in [0.3, 0.4) is 0 Å². The lowest BCUT2D eigenvalue weighted by atomic mass is 10.1. The van der Waals surface area contributed by atoms with E-state index in [1.165, 1.54) is 0 Å². The van der Waals surface area contributed by atoms with E-state index in [9.17, 15) is 9.59 Å². The quantitative estimate of drug-likeness (QED) is 0.792. The van der Waals surface area contributed by atoms with Crippen LogP contribution in [0.15, 0.2) is 60.8 Å². The molecule has 1 saturated heterocycles. The maximum absolute atomic E-state index is 11.6. The minimum Gasteiger partial charge on any atom is -0.375 e. The lowest BCUT2D eigenvalue weighted by molar-refractivity contribution is -0.118. The number of para-hydroxylation sites is 1. The van der Waals surface area contributed by atoms with Crippen LogP contribution in [0.1, 0.15) is 5.56 Å². The molecule has 24 heavy (non-hydrogen) atoms. The van der Waals surface area contributed by atoms with Crippen molar-refractivity contribution in [1.29, 1.82) is 0 Å². The molecule has 2 heterocycles. The van der Waals surface area contributed by atoms with E-state index in [1.54, 1.807) is 4.73 Å². The molecule has 0 saturated carbocycles. The first-order valence-corrected chi connectivity index (χ1v) is 8.42. The van der Waals surface area contributed by atoms with Crippen molar-refractivity contribution in [3.63, 3.8) is 0 Å².